The van der Waals surface area contributed by atoms with Gasteiger partial charge in [0.05, 0.1) is 4.47 Å². The lowest BCUT2D eigenvalue weighted by atomic mass is 10.1. The van der Waals surface area contributed by atoms with Gasteiger partial charge < -0.3 is 10.4 Å². The van der Waals surface area contributed by atoms with Crippen LogP contribution >= 0.6 is 15.9 Å². The summed E-state index contributed by atoms with van der Waals surface area (Å²) in [6, 6.07) is 4.17. The SMILES string of the molecule is O=C(N[C@@H]1C=C[C@H](CO)C1)c1ccc(Br)c(F)c1. The smallest absolute Gasteiger partial charge is 0.251 e. The normalized spacial score (nSPS) is 22.2. The molecular formula is C13H13BrFNO2. The standard InChI is InChI=1S/C13H13BrFNO2/c14-11-4-2-9(6-12(11)15)13(18)16-10-3-1-8(5-10)7-17/h1-4,6,8,10,17H,5,7H2,(H,16,18)/t8-,10+/m0/s1. The summed E-state index contributed by atoms with van der Waals surface area (Å²) in [7, 11) is 0. The van der Waals surface area contributed by atoms with E-state index < -0.39 is 5.82 Å². The van der Waals surface area contributed by atoms with Crippen molar-refractivity contribution in [3.8, 4) is 0 Å². The molecule has 0 saturated carbocycles. The van der Waals surface area contributed by atoms with Crippen LogP contribution in [0.4, 0.5) is 4.39 Å². The summed E-state index contributed by atoms with van der Waals surface area (Å²) < 4.78 is 13.6. The van der Waals surface area contributed by atoms with Crippen molar-refractivity contribution < 1.29 is 14.3 Å². The van der Waals surface area contributed by atoms with Gasteiger partial charge in [-0.1, -0.05) is 12.2 Å². The third-order valence-electron chi connectivity index (χ3n) is 2.91. The molecule has 0 bridgehead atoms. The number of aliphatic hydroxyl groups excluding tert-OH is 1. The molecule has 0 aliphatic heterocycles. The molecular weight excluding hydrogens is 301 g/mol. The van der Waals surface area contributed by atoms with Crippen LogP contribution in [0.2, 0.25) is 0 Å². The van der Waals surface area contributed by atoms with Crippen LogP contribution in [0.25, 0.3) is 0 Å². The van der Waals surface area contributed by atoms with Crippen LogP contribution in [0.1, 0.15) is 16.8 Å². The van der Waals surface area contributed by atoms with Crippen molar-refractivity contribution in [2.24, 2.45) is 5.92 Å². The number of aliphatic hydroxyl groups is 1. The van der Waals surface area contributed by atoms with E-state index in [1.54, 1.807) is 6.07 Å². The average Bonchev–Trinajstić information content (AvgIpc) is 2.80. The van der Waals surface area contributed by atoms with Crippen LogP contribution in [0.3, 0.4) is 0 Å². The van der Waals surface area contributed by atoms with Gasteiger partial charge in [0.1, 0.15) is 5.82 Å². The Morgan fingerprint density at radius 1 is 1.50 bits per heavy atom. The molecule has 5 heteroatoms. The predicted molar refractivity (Wildman–Crippen MR) is 69.7 cm³/mol. The molecule has 2 N–H and O–H groups in total. The van der Waals surface area contributed by atoms with Gasteiger partial charge >= 0.3 is 0 Å². The van der Waals surface area contributed by atoms with Gasteiger partial charge in [0.2, 0.25) is 0 Å². The van der Waals surface area contributed by atoms with Crippen LogP contribution in [-0.4, -0.2) is 23.7 Å². The number of amides is 1. The molecule has 0 unspecified atom stereocenters. The maximum absolute atomic E-state index is 13.3. The van der Waals surface area contributed by atoms with E-state index in [0.29, 0.717) is 10.9 Å². The number of carbonyl (C=O) groups is 1. The van der Waals surface area contributed by atoms with Crippen LogP contribution in [0.15, 0.2) is 34.8 Å². The molecule has 0 radical (unpaired) electrons. The van der Waals surface area contributed by atoms with Crippen molar-refractivity contribution >= 4 is 21.8 Å². The molecule has 0 aromatic heterocycles. The van der Waals surface area contributed by atoms with Gasteiger partial charge in [0.15, 0.2) is 0 Å². The molecule has 3 nitrogen and oxygen atoms in total. The Morgan fingerprint density at radius 2 is 2.28 bits per heavy atom. The topological polar surface area (TPSA) is 49.3 Å². The maximum Gasteiger partial charge on any atom is 0.251 e. The highest BCUT2D eigenvalue weighted by Gasteiger charge is 2.20. The van der Waals surface area contributed by atoms with Crippen molar-refractivity contribution in [1.29, 1.82) is 0 Å². The van der Waals surface area contributed by atoms with E-state index in [9.17, 15) is 9.18 Å². The first-order chi connectivity index (χ1) is 8.60. The number of nitrogens with one attached hydrogen (secondary N) is 1. The van der Waals surface area contributed by atoms with Crippen LogP contribution in [0, 0.1) is 11.7 Å². The molecule has 1 aromatic rings. The molecule has 2 rings (SSSR count). The molecule has 1 aliphatic carbocycles. The molecule has 96 valence electrons. The van der Waals surface area contributed by atoms with Crippen LogP contribution in [0.5, 0.6) is 0 Å². The Balaban J connectivity index is 2.00. The quantitative estimate of drug-likeness (QED) is 0.841. The van der Waals surface area contributed by atoms with E-state index >= 15 is 0 Å². The fraction of sp³-hybridized carbons (Fsp3) is 0.308. The van der Waals surface area contributed by atoms with Crippen molar-refractivity contribution in [2.45, 2.75) is 12.5 Å². The zero-order valence-corrected chi connectivity index (χ0v) is 11.2. The molecule has 0 fully saturated rings. The first-order valence-electron chi connectivity index (χ1n) is 5.65. The lowest BCUT2D eigenvalue weighted by molar-refractivity contribution is 0.0940. The fourth-order valence-electron chi connectivity index (χ4n) is 1.91. The first-order valence-corrected chi connectivity index (χ1v) is 6.44. The molecule has 0 heterocycles. The van der Waals surface area contributed by atoms with E-state index in [4.69, 9.17) is 5.11 Å². The number of halogens is 2. The Morgan fingerprint density at radius 3 is 2.89 bits per heavy atom. The number of benzene rings is 1. The van der Waals surface area contributed by atoms with Crippen molar-refractivity contribution in [3.63, 3.8) is 0 Å². The third kappa shape index (κ3) is 2.97. The summed E-state index contributed by atoms with van der Waals surface area (Å²) in [6.07, 6.45) is 4.42. The lowest BCUT2D eigenvalue weighted by Gasteiger charge is -2.12. The molecule has 1 amide bonds. The van der Waals surface area contributed by atoms with Crippen molar-refractivity contribution in [3.05, 3.63) is 46.2 Å². The second kappa shape index (κ2) is 5.63. The fourth-order valence-corrected chi connectivity index (χ4v) is 2.15. The van der Waals surface area contributed by atoms with Crippen molar-refractivity contribution in [2.75, 3.05) is 6.61 Å². The lowest BCUT2D eigenvalue weighted by Crippen LogP contribution is -2.32. The summed E-state index contributed by atoms with van der Waals surface area (Å²) >= 11 is 3.04. The summed E-state index contributed by atoms with van der Waals surface area (Å²) in [6.45, 7) is 0.0791. The van der Waals surface area contributed by atoms with Crippen LogP contribution < -0.4 is 5.32 Å². The number of hydrogen-bond donors (Lipinski definition) is 2. The Labute approximate surface area is 113 Å². The van der Waals surface area contributed by atoms with Gasteiger partial charge in [-0.3, -0.25) is 4.79 Å². The largest absolute Gasteiger partial charge is 0.396 e. The molecule has 0 saturated heterocycles. The second-order valence-electron chi connectivity index (χ2n) is 4.27. The minimum absolute atomic E-state index is 0.0791. The summed E-state index contributed by atoms with van der Waals surface area (Å²) in [5.74, 6) is -0.676. The van der Waals surface area contributed by atoms with Gasteiger partial charge in [-0.15, -0.1) is 0 Å². The predicted octanol–water partition coefficient (Wildman–Crippen LogP) is 2.25. The number of rotatable bonds is 3. The zero-order chi connectivity index (χ0) is 13.1. The minimum atomic E-state index is -0.460. The second-order valence-corrected chi connectivity index (χ2v) is 5.13. The number of hydrogen-bond acceptors (Lipinski definition) is 2. The van der Waals surface area contributed by atoms with Gasteiger partial charge in [0.25, 0.3) is 5.91 Å². The molecule has 1 aromatic carbocycles. The van der Waals surface area contributed by atoms with Gasteiger partial charge in [-0.2, -0.15) is 0 Å². The number of carbonyl (C=O) groups excluding carboxylic acids is 1. The molecule has 1 aliphatic rings. The monoisotopic (exact) mass is 313 g/mol. The van der Waals surface area contributed by atoms with E-state index in [-0.39, 0.29) is 30.0 Å². The molecule has 2 atom stereocenters. The van der Waals surface area contributed by atoms with Crippen LogP contribution in [-0.2, 0) is 0 Å². The van der Waals surface area contributed by atoms with Gasteiger partial charge in [0, 0.05) is 24.1 Å². The highest BCUT2D eigenvalue weighted by molar-refractivity contribution is 9.10. The van der Waals surface area contributed by atoms with E-state index in [1.807, 2.05) is 12.2 Å². The highest BCUT2D eigenvalue weighted by atomic mass is 79.9. The zero-order valence-electron chi connectivity index (χ0n) is 9.57. The summed E-state index contributed by atoms with van der Waals surface area (Å²) in [5, 5.41) is 11.8. The minimum Gasteiger partial charge on any atom is -0.396 e. The highest BCUT2D eigenvalue weighted by Crippen LogP contribution is 2.19. The summed E-state index contributed by atoms with van der Waals surface area (Å²) in [5.41, 5.74) is 0.288. The summed E-state index contributed by atoms with van der Waals surface area (Å²) in [4.78, 5) is 11.9. The van der Waals surface area contributed by atoms with Gasteiger partial charge in [-0.25, -0.2) is 4.39 Å². The third-order valence-corrected chi connectivity index (χ3v) is 3.55. The average molecular weight is 314 g/mol. The van der Waals surface area contributed by atoms with E-state index in [2.05, 4.69) is 21.2 Å². The maximum atomic E-state index is 13.3. The van der Waals surface area contributed by atoms with Gasteiger partial charge in [-0.05, 0) is 40.5 Å². The Kier molecular flexibility index (Phi) is 4.14. The van der Waals surface area contributed by atoms with Crippen molar-refractivity contribution in [1.82, 2.24) is 5.32 Å². The van der Waals surface area contributed by atoms with E-state index in [1.165, 1.54) is 12.1 Å². The Hall–Kier alpha value is -1.20. The molecule has 0 spiro atoms. The first kappa shape index (κ1) is 13.2. The molecule has 18 heavy (non-hydrogen) atoms. The van der Waals surface area contributed by atoms with E-state index in [0.717, 1.165) is 0 Å². The Bertz CT molecular complexity index is 490.